The van der Waals surface area contributed by atoms with Gasteiger partial charge in [-0.15, -0.1) is 0 Å². The fraction of sp³-hybridized carbons (Fsp3) is 0.308. The minimum Gasteiger partial charge on any atom is -0.484 e. The van der Waals surface area contributed by atoms with E-state index in [1.54, 1.807) is 7.05 Å². The number of hydrogen-bond donors (Lipinski definition) is 1. The lowest BCUT2D eigenvalue weighted by molar-refractivity contribution is -0.132. The lowest BCUT2D eigenvalue weighted by Gasteiger charge is -2.16. The molecule has 0 aliphatic rings. The van der Waals surface area contributed by atoms with E-state index in [0.717, 1.165) is 5.56 Å². The van der Waals surface area contributed by atoms with Crippen molar-refractivity contribution in [1.29, 1.82) is 0 Å². The van der Waals surface area contributed by atoms with Gasteiger partial charge in [-0.05, 0) is 24.6 Å². The molecule has 0 fully saturated rings. The van der Waals surface area contributed by atoms with Gasteiger partial charge >= 0.3 is 0 Å². The molecule has 0 unspecified atom stereocenters. The number of H-pyrrole nitrogens is 1. The van der Waals surface area contributed by atoms with Crippen LogP contribution in [-0.2, 0) is 11.3 Å². The second-order valence-corrected chi connectivity index (χ2v) is 4.29. The predicted molar refractivity (Wildman–Crippen MR) is 69.5 cm³/mol. The number of hydrogen-bond acceptors (Lipinski definition) is 4. The molecule has 0 spiro atoms. The van der Waals surface area contributed by atoms with Crippen molar-refractivity contribution in [2.75, 3.05) is 13.7 Å². The van der Waals surface area contributed by atoms with Crippen molar-refractivity contribution in [3.63, 3.8) is 0 Å². The monoisotopic (exact) mass is 260 g/mol. The largest absolute Gasteiger partial charge is 0.484 e. The van der Waals surface area contributed by atoms with Gasteiger partial charge in [-0.2, -0.15) is 5.10 Å². The van der Waals surface area contributed by atoms with Crippen LogP contribution in [0.15, 0.2) is 30.6 Å². The molecule has 100 valence electrons. The van der Waals surface area contributed by atoms with Crippen LogP contribution in [0.4, 0.5) is 0 Å². The van der Waals surface area contributed by atoms with E-state index >= 15 is 0 Å². The van der Waals surface area contributed by atoms with Gasteiger partial charge in [-0.25, -0.2) is 4.98 Å². The topological polar surface area (TPSA) is 71.1 Å². The molecule has 2 rings (SSSR count). The molecule has 2 aromatic rings. The maximum Gasteiger partial charge on any atom is 0.260 e. The molecule has 0 aliphatic heterocycles. The molecule has 0 aliphatic carbocycles. The number of likely N-dealkylation sites (N-methyl/N-ethyl adjacent to an activating group) is 1. The molecular weight excluding hydrogens is 244 g/mol. The summed E-state index contributed by atoms with van der Waals surface area (Å²) in [4.78, 5) is 17.4. The van der Waals surface area contributed by atoms with E-state index in [2.05, 4.69) is 15.2 Å². The van der Waals surface area contributed by atoms with Gasteiger partial charge in [0.25, 0.3) is 5.91 Å². The van der Waals surface area contributed by atoms with Crippen LogP contribution in [0, 0.1) is 6.92 Å². The van der Waals surface area contributed by atoms with E-state index in [-0.39, 0.29) is 12.5 Å². The third kappa shape index (κ3) is 3.80. The standard InChI is InChI=1S/C13H16N4O2/c1-10-4-3-5-11(6-10)19-8-13(18)17(2)7-12-14-9-15-16-12/h3-6,9H,7-8H2,1-2H3,(H,14,15,16). The molecule has 1 amide bonds. The molecule has 0 radical (unpaired) electrons. The zero-order chi connectivity index (χ0) is 13.7. The number of nitrogens with zero attached hydrogens (tertiary/aromatic N) is 3. The van der Waals surface area contributed by atoms with Crippen LogP contribution in [-0.4, -0.2) is 39.6 Å². The number of nitrogens with one attached hydrogen (secondary N) is 1. The minimum atomic E-state index is -0.113. The maximum atomic E-state index is 11.9. The van der Waals surface area contributed by atoms with Crippen LogP contribution in [0.3, 0.4) is 0 Å². The lowest BCUT2D eigenvalue weighted by atomic mass is 10.2. The first-order chi connectivity index (χ1) is 9.15. The smallest absolute Gasteiger partial charge is 0.260 e. The van der Waals surface area contributed by atoms with Crippen molar-refractivity contribution in [3.8, 4) is 5.75 Å². The Bertz CT molecular complexity index is 539. The first-order valence-electron chi connectivity index (χ1n) is 5.93. The predicted octanol–water partition coefficient (Wildman–Crippen LogP) is 1.15. The van der Waals surface area contributed by atoms with E-state index in [4.69, 9.17) is 4.74 Å². The Morgan fingerprint density at radius 1 is 1.47 bits per heavy atom. The van der Waals surface area contributed by atoms with Gasteiger partial charge in [-0.1, -0.05) is 12.1 Å². The molecule has 19 heavy (non-hydrogen) atoms. The molecule has 1 aromatic carbocycles. The Hall–Kier alpha value is -2.37. The van der Waals surface area contributed by atoms with Crippen molar-refractivity contribution < 1.29 is 9.53 Å². The first kappa shape index (κ1) is 13.1. The van der Waals surface area contributed by atoms with Crippen molar-refractivity contribution in [2.24, 2.45) is 0 Å². The zero-order valence-electron chi connectivity index (χ0n) is 11.0. The van der Waals surface area contributed by atoms with Crippen LogP contribution >= 0.6 is 0 Å². The normalized spacial score (nSPS) is 10.2. The van der Waals surface area contributed by atoms with Crippen LogP contribution in [0.5, 0.6) is 5.75 Å². The van der Waals surface area contributed by atoms with Gasteiger partial charge < -0.3 is 9.64 Å². The summed E-state index contributed by atoms with van der Waals surface area (Å²) < 4.78 is 5.45. The van der Waals surface area contributed by atoms with Crippen LogP contribution in [0.1, 0.15) is 11.4 Å². The Morgan fingerprint density at radius 3 is 3.00 bits per heavy atom. The van der Waals surface area contributed by atoms with Crippen LogP contribution < -0.4 is 4.74 Å². The van der Waals surface area contributed by atoms with E-state index in [0.29, 0.717) is 18.1 Å². The highest BCUT2D eigenvalue weighted by atomic mass is 16.5. The second-order valence-electron chi connectivity index (χ2n) is 4.29. The molecule has 0 bridgehead atoms. The summed E-state index contributed by atoms with van der Waals surface area (Å²) in [6, 6.07) is 7.60. The van der Waals surface area contributed by atoms with Crippen molar-refractivity contribution in [2.45, 2.75) is 13.5 Å². The summed E-state index contributed by atoms with van der Waals surface area (Å²) in [5, 5.41) is 6.44. The fourth-order valence-electron chi connectivity index (χ4n) is 1.58. The molecule has 1 aromatic heterocycles. The molecule has 6 heteroatoms. The highest BCUT2D eigenvalue weighted by Crippen LogP contribution is 2.12. The van der Waals surface area contributed by atoms with Crippen molar-refractivity contribution in [1.82, 2.24) is 20.1 Å². The SMILES string of the molecule is Cc1cccc(OCC(=O)N(C)Cc2ncn[nH]2)c1. The number of ether oxygens (including phenoxy) is 1. The number of amides is 1. The average Bonchev–Trinajstić information content (AvgIpc) is 2.89. The van der Waals surface area contributed by atoms with Gasteiger partial charge in [0.15, 0.2) is 6.61 Å². The van der Waals surface area contributed by atoms with Crippen molar-refractivity contribution in [3.05, 3.63) is 42.0 Å². The summed E-state index contributed by atoms with van der Waals surface area (Å²) in [5.41, 5.74) is 1.10. The van der Waals surface area contributed by atoms with E-state index in [1.807, 2.05) is 31.2 Å². The lowest BCUT2D eigenvalue weighted by Crippen LogP contribution is -2.31. The second kappa shape index (κ2) is 5.99. The Labute approximate surface area is 111 Å². The summed E-state index contributed by atoms with van der Waals surface area (Å²) in [6.07, 6.45) is 1.41. The van der Waals surface area contributed by atoms with E-state index in [9.17, 15) is 4.79 Å². The molecule has 0 saturated carbocycles. The van der Waals surface area contributed by atoms with Gasteiger partial charge in [-0.3, -0.25) is 9.89 Å². The summed E-state index contributed by atoms with van der Waals surface area (Å²) in [6.45, 7) is 2.37. The number of benzene rings is 1. The average molecular weight is 260 g/mol. The molecule has 6 nitrogen and oxygen atoms in total. The number of aromatic nitrogens is 3. The van der Waals surface area contributed by atoms with Crippen LogP contribution in [0.2, 0.25) is 0 Å². The highest BCUT2D eigenvalue weighted by Gasteiger charge is 2.11. The van der Waals surface area contributed by atoms with Crippen molar-refractivity contribution >= 4 is 5.91 Å². The molecule has 0 atom stereocenters. The number of carbonyl (C=O) groups is 1. The molecule has 1 N–H and O–H groups in total. The van der Waals surface area contributed by atoms with Gasteiger partial charge in [0.05, 0.1) is 6.54 Å². The number of aryl methyl sites for hydroxylation is 1. The fourth-order valence-corrected chi connectivity index (χ4v) is 1.58. The molecule has 1 heterocycles. The quantitative estimate of drug-likeness (QED) is 0.875. The number of carbonyl (C=O) groups excluding carboxylic acids is 1. The third-order valence-corrected chi connectivity index (χ3v) is 2.63. The molecular formula is C13H16N4O2. The summed E-state index contributed by atoms with van der Waals surface area (Å²) >= 11 is 0. The molecule has 0 saturated heterocycles. The van der Waals surface area contributed by atoms with Gasteiger partial charge in [0.1, 0.15) is 17.9 Å². The van der Waals surface area contributed by atoms with E-state index in [1.165, 1.54) is 11.2 Å². The maximum absolute atomic E-state index is 11.9. The summed E-state index contributed by atoms with van der Waals surface area (Å²) in [5.74, 6) is 1.23. The number of rotatable bonds is 5. The first-order valence-corrected chi connectivity index (χ1v) is 5.93. The number of aromatic amines is 1. The van der Waals surface area contributed by atoms with Gasteiger partial charge in [0.2, 0.25) is 0 Å². The zero-order valence-corrected chi connectivity index (χ0v) is 11.0. The Balaban J connectivity index is 1.84. The Kier molecular flexibility index (Phi) is 4.12. The van der Waals surface area contributed by atoms with Gasteiger partial charge in [0, 0.05) is 7.05 Å². The van der Waals surface area contributed by atoms with E-state index < -0.39 is 0 Å². The summed E-state index contributed by atoms with van der Waals surface area (Å²) in [7, 11) is 1.70. The van der Waals surface area contributed by atoms with Crippen LogP contribution in [0.25, 0.3) is 0 Å². The minimum absolute atomic E-state index is 0.00803. The highest BCUT2D eigenvalue weighted by molar-refractivity contribution is 5.77. The third-order valence-electron chi connectivity index (χ3n) is 2.63. The Morgan fingerprint density at radius 2 is 2.32 bits per heavy atom.